The number of ether oxygens (including phenoxy) is 1. The van der Waals surface area contributed by atoms with Crippen molar-refractivity contribution in [3.05, 3.63) is 47.3 Å². The van der Waals surface area contributed by atoms with Crippen molar-refractivity contribution in [2.75, 3.05) is 44.2 Å². The molecule has 2 aromatic rings. The van der Waals surface area contributed by atoms with Crippen molar-refractivity contribution in [1.82, 2.24) is 9.21 Å². The van der Waals surface area contributed by atoms with E-state index in [-0.39, 0.29) is 36.9 Å². The number of alkyl halides is 3. The zero-order valence-electron chi connectivity index (χ0n) is 19.9. The Morgan fingerprint density at radius 2 is 1.72 bits per heavy atom. The molecule has 3 fully saturated rings. The molecule has 0 saturated carbocycles. The van der Waals surface area contributed by atoms with Crippen molar-refractivity contribution < 1.29 is 31.4 Å². The summed E-state index contributed by atoms with van der Waals surface area (Å²) in [6.07, 6.45) is -2.37. The van der Waals surface area contributed by atoms with Crippen LogP contribution >= 0.6 is 11.3 Å². The summed E-state index contributed by atoms with van der Waals surface area (Å²) in [5.41, 5.74) is -2.49. The smallest absolute Gasteiger partial charge is 0.376 e. The number of rotatable bonds is 6. The lowest BCUT2D eigenvalue weighted by atomic mass is 9.95. The van der Waals surface area contributed by atoms with Crippen LogP contribution in [0.15, 0.2) is 46.0 Å². The number of sulfonamides is 1. The fraction of sp³-hybridized carbons (Fsp3) is 0.583. The highest BCUT2D eigenvalue weighted by molar-refractivity contribution is 7.91. The maximum atomic E-state index is 13.3. The molecule has 5 rings (SSSR count). The van der Waals surface area contributed by atoms with Gasteiger partial charge in [-0.2, -0.15) is 17.5 Å². The van der Waals surface area contributed by atoms with Crippen LogP contribution in [0.2, 0.25) is 0 Å². The average Bonchev–Trinajstić information content (AvgIpc) is 3.49. The van der Waals surface area contributed by atoms with Gasteiger partial charge in [-0.3, -0.25) is 4.90 Å². The lowest BCUT2D eigenvalue weighted by Gasteiger charge is -2.45. The van der Waals surface area contributed by atoms with Gasteiger partial charge in [0.05, 0.1) is 18.2 Å². The Bertz CT molecular complexity index is 1140. The number of thiophene rings is 1. The van der Waals surface area contributed by atoms with Crippen LogP contribution in [0.4, 0.5) is 18.9 Å². The number of hydrogen-bond donors (Lipinski definition) is 1. The van der Waals surface area contributed by atoms with Gasteiger partial charge in [0.25, 0.3) is 10.0 Å². The van der Waals surface area contributed by atoms with Gasteiger partial charge in [0, 0.05) is 45.0 Å². The van der Waals surface area contributed by atoms with E-state index >= 15 is 0 Å². The van der Waals surface area contributed by atoms with Crippen LogP contribution in [0.25, 0.3) is 0 Å². The highest BCUT2D eigenvalue weighted by Crippen LogP contribution is 2.39. The third kappa shape index (κ3) is 4.91. The number of piperazine rings is 1. The van der Waals surface area contributed by atoms with Gasteiger partial charge in [0.2, 0.25) is 0 Å². The van der Waals surface area contributed by atoms with Crippen molar-refractivity contribution in [3.63, 3.8) is 0 Å². The van der Waals surface area contributed by atoms with Gasteiger partial charge in [0.1, 0.15) is 4.21 Å². The van der Waals surface area contributed by atoms with Crippen LogP contribution < -0.4 is 4.90 Å². The molecule has 0 amide bonds. The Hall–Kier alpha value is -1.70. The monoisotopic (exact) mass is 545 g/mol. The molecular weight excluding hydrogens is 515 g/mol. The molecule has 1 aromatic heterocycles. The van der Waals surface area contributed by atoms with Gasteiger partial charge < -0.3 is 14.7 Å². The molecule has 0 aliphatic carbocycles. The second-order valence-electron chi connectivity index (χ2n) is 9.94. The fourth-order valence-electron chi connectivity index (χ4n) is 5.37. The van der Waals surface area contributed by atoms with E-state index in [1.165, 1.54) is 27.8 Å². The fourth-order valence-corrected chi connectivity index (χ4v) is 7.98. The molecule has 4 heterocycles. The third-order valence-electron chi connectivity index (χ3n) is 7.44. The number of likely N-dealkylation sites (tertiary alicyclic amines) is 1. The van der Waals surface area contributed by atoms with E-state index in [1.54, 1.807) is 29.6 Å². The maximum Gasteiger partial charge on any atom is 0.421 e. The summed E-state index contributed by atoms with van der Waals surface area (Å²) in [6.45, 7) is 3.88. The van der Waals surface area contributed by atoms with Gasteiger partial charge in [-0.15, -0.1) is 11.3 Å². The summed E-state index contributed by atoms with van der Waals surface area (Å²) in [5.74, 6) is 0. The highest BCUT2D eigenvalue weighted by atomic mass is 32.2. The van der Waals surface area contributed by atoms with E-state index in [9.17, 15) is 26.7 Å². The number of fused-ring (bicyclic) bond motifs is 2. The normalized spacial score (nSPS) is 27.8. The summed E-state index contributed by atoms with van der Waals surface area (Å²) >= 11 is 1.19. The quantitative estimate of drug-likeness (QED) is 0.601. The standard InChI is InChI=1S/C24H30F3N3O4S2/c1-23(31,24(25,26)27)17-4-6-18(7-5-17)30-11-10-29(36(32,33)22-3-2-12-35-22)14-19(30)13-28-15-20-8-9-21(16-28)34-20/h2-7,12,19-21,31H,8-11,13-16H2,1H3/t19-,20?,21?,23-/m1/s1. The van der Waals surface area contributed by atoms with Crippen molar-refractivity contribution in [2.45, 2.75) is 54.0 Å². The van der Waals surface area contributed by atoms with Crippen molar-refractivity contribution in [3.8, 4) is 0 Å². The molecule has 2 bridgehead atoms. The van der Waals surface area contributed by atoms with Crippen LogP contribution in [0.1, 0.15) is 25.3 Å². The lowest BCUT2D eigenvalue weighted by molar-refractivity contribution is -0.258. The Balaban J connectivity index is 1.39. The number of nitrogens with zero attached hydrogens (tertiary/aromatic N) is 3. The van der Waals surface area contributed by atoms with Crippen LogP contribution in [0.5, 0.6) is 0 Å². The number of morpholine rings is 1. The zero-order valence-corrected chi connectivity index (χ0v) is 21.5. The molecule has 3 aliphatic heterocycles. The largest absolute Gasteiger partial charge is 0.421 e. The van der Waals surface area contributed by atoms with Crippen LogP contribution in [0, 0.1) is 0 Å². The zero-order chi connectivity index (χ0) is 25.7. The molecule has 3 saturated heterocycles. The molecule has 1 N–H and O–H groups in total. The second kappa shape index (κ2) is 9.55. The number of halogens is 3. The molecule has 36 heavy (non-hydrogen) atoms. The summed E-state index contributed by atoms with van der Waals surface area (Å²) in [6, 6.07) is 8.87. The van der Waals surface area contributed by atoms with Gasteiger partial charge in [-0.25, -0.2) is 8.42 Å². The first-order valence-corrected chi connectivity index (χ1v) is 14.3. The van der Waals surface area contributed by atoms with E-state index in [1.807, 2.05) is 0 Å². The van der Waals surface area contributed by atoms with Crippen molar-refractivity contribution >= 4 is 27.0 Å². The summed E-state index contributed by atoms with van der Waals surface area (Å²) in [5, 5.41) is 11.8. The molecule has 0 radical (unpaired) electrons. The Labute approximate surface area is 213 Å². The minimum atomic E-state index is -4.80. The lowest BCUT2D eigenvalue weighted by Crippen LogP contribution is -2.59. The first-order chi connectivity index (χ1) is 16.9. The second-order valence-corrected chi connectivity index (χ2v) is 13.0. The highest BCUT2D eigenvalue weighted by Gasteiger charge is 2.51. The molecule has 0 spiro atoms. The maximum absolute atomic E-state index is 13.3. The molecule has 12 heteroatoms. The number of anilines is 1. The van der Waals surface area contributed by atoms with Crippen LogP contribution in [0.3, 0.4) is 0 Å². The topological polar surface area (TPSA) is 73.3 Å². The Morgan fingerprint density at radius 1 is 1.06 bits per heavy atom. The van der Waals surface area contributed by atoms with Gasteiger partial charge in [0.15, 0.2) is 5.60 Å². The molecule has 2 unspecified atom stereocenters. The number of benzene rings is 1. The average molecular weight is 546 g/mol. The minimum Gasteiger partial charge on any atom is -0.376 e. The molecule has 1 aromatic carbocycles. The van der Waals surface area contributed by atoms with Crippen LogP contribution in [-0.2, 0) is 20.4 Å². The first kappa shape index (κ1) is 25.9. The van der Waals surface area contributed by atoms with E-state index < -0.39 is 21.8 Å². The predicted octanol–water partition coefficient (Wildman–Crippen LogP) is 3.26. The third-order valence-corrected chi connectivity index (χ3v) is 10.7. The number of hydrogen-bond acceptors (Lipinski definition) is 7. The SMILES string of the molecule is C[C@@](O)(c1ccc(N2CCN(S(=O)(=O)c3cccs3)C[C@H]2CN2CC3CCC(C2)O3)cc1)C(F)(F)F. The van der Waals surface area contributed by atoms with Crippen molar-refractivity contribution in [1.29, 1.82) is 0 Å². The first-order valence-electron chi connectivity index (χ1n) is 12.0. The predicted molar refractivity (Wildman–Crippen MR) is 131 cm³/mol. The van der Waals surface area contributed by atoms with Gasteiger partial charge >= 0.3 is 6.18 Å². The van der Waals surface area contributed by atoms with Crippen LogP contribution in [-0.4, -0.2) is 86.4 Å². The van der Waals surface area contributed by atoms with E-state index in [2.05, 4.69) is 9.80 Å². The van der Waals surface area contributed by atoms with Crippen molar-refractivity contribution in [2.24, 2.45) is 0 Å². The van der Waals surface area contributed by atoms with E-state index in [0.717, 1.165) is 32.9 Å². The van der Waals surface area contributed by atoms with Gasteiger partial charge in [-0.1, -0.05) is 18.2 Å². The molecule has 198 valence electrons. The summed E-state index contributed by atoms with van der Waals surface area (Å²) < 4.78 is 74.1. The Morgan fingerprint density at radius 3 is 2.31 bits per heavy atom. The van der Waals surface area contributed by atoms with Gasteiger partial charge in [-0.05, 0) is 48.9 Å². The number of aliphatic hydroxyl groups is 1. The Kier molecular flexibility index (Phi) is 6.88. The summed E-state index contributed by atoms with van der Waals surface area (Å²) in [4.78, 5) is 4.39. The van der Waals surface area contributed by atoms with E-state index in [0.29, 0.717) is 23.0 Å². The van der Waals surface area contributed by atoms with E-state index in [4.69, 9.17) is 4.74 Å². The molecular formula is C24H30F3N3O4S2. The summed E-state index contributed by atoms with van der Waals surface area (Å²) in [7, 11) is -3.63. The molecule has 7 nitrogen and oxygen atoms in total. The minimum absolute atomic E-state index is 0.190. The molecule has 3 aliphatic rings. The molecule has 4 atom stereocenters.